The van der Waals surface area contributed by atoms with E-state index in [-0.39, 0.29) is 0 Å². The summed E-state index contributed by atoms with van der Waals surface area (Å²) in [6.07, 6.45) is -22.3. The number of hydrogen-bond donors (Lipinski definition) is 1. The third-order valence-electron chi connectivity index (χ3n) is 3.22. The molecule has 0 fully saturated rings. The molecule has 0 rings (SSSR count). The summed E-state index contributed by atoms with van der Waals surface area (Å²) in [7, 11) is 0. The van der Waals surface area contributed by atoms with Gasteiger partial charge >= 0.3 is 24.5 Å². The first-order valence-electron chi connectivity index (χ1n) is 6.47. The summed E-state index contributed by atoms with van der Waals surface area (Å²) in [5, 5.41) is 9.14. The Hall–Kier alpha value is -1.46. The molecule has 0 amide bonds. The average molecular weight is 390 g/mol. The summed E-state index contributed by atoms with van der Waals surface area (Å²) in [6.45, 7) is 5.42. The molecule has 0 aromatic heterocycles. The highest BCUT2D eigenvalue weighted by Crippen LogP contribution is 2.48. The van der Waals surface area contributed by atoms with Crippen LogP contribution in [-0.4, -0.2) is 41.3 Å². The van der Waals surface area contributed by atoms with Gasteiger partial charge in [0.15, 0.2) is 0 Å². The molecule has 0 heterocycles. The Labute approximate surface area is 136 Å². The van der Waals surface area contributed by atoms with Gasteiger partial charge in [0.2, 0.25) is 0 Å². The molecule has 148 valence electrons. The number of carbonyl (C=O) groups is 1. The quantitative estimate of drug-likeness (QED) is 0.442. The van der Waals surface area contributed by atoms with Crippen molar-refractivity contribution in [2.24, 2.45) is 5.41 Å². The molecule has 0 saturated heterocycles. The largest absolute Gasteiger partial charge is 0.458 e. The van der Waals surface area contributed by atoms with E-state index in [0.717, 1.165) is 20.8 Å². The summed E-state index contributed by atoms with van der Waals surface area (Å²) in [4.78, 5) is 11.3. The summed E-state index contributed by atoms with van der Waals surface area (Å²) in [5.74, 6) is -2.24. The number of alkyl halides is 9. The zero-order valence-corrected chi connectivity index (χ0v) is 13.2. The van der Waals surface area contributed by atoms with E-state index in [1.165, 1.54) is 0 Å². The van der Waals surface area contributed by atoms with Crippen molar-refractivity contribution in [2.75, 3.05) is 0 Å². The van der Waals surface area contributed by atoms with Crippen molar-refractivity contribution >= 4 is 5.97 Å². The van der Waals surface area contributed by atoms with Crippen molar-refractivity contribution in [1.82, 2.24) is 0 Å². The minimum atomic E-state index is -6.21. The Kier molecular flexibility index (Phi) is 6.30. The van der Waals surface area contributed by atoms with Crippen LogP contribution >= 0.6 is 0 Å². The molecule has 0 aliphatic heterocycles. The molecule has 0 bridgehead atoms. The molecule has 0 aliphatic rings. The van der Waals surface area contributed by atoms with Crippen molar-refractivity contribution < 1.29 is 54.2 Å². The van der Waals surface area contributed by atoms with E-state index in [0.29, 0.717) is 0 Å². The minimum absolute atomic E-state index is 1.02. The van der Waals surface area contributed by atoms with Crippen LogP contribution in [0.4, 0.5) is 39.5 Å². The lowest BCUT2D eigenvalue weighted by Crippen LogP contribution is -2.59. The molecule has 0 aromatic rings. The normalized spacial score (nSPS) is 15.7. The van der Waals surface area contributed by atoms with Gasteiger partial charge in [-0.05, 0) is 5.41 Å². The van der Waals surface area contributed by atoms with E-state index in [1.807, 2.05) is 0 Å². The predicted octanol–water partition coefficient (Wildman–Crippen LogP) is 4.31. The molecule has 0 aromatic carbocycles. The van der Waals surface area contributed by atoms with E-state index in [1.54, 1.807) is 0 Å². The lowest BCUT2D eigenvalue weighted by atomic mass is 9.81. The SMILES string of the molecule is C=C(C(=O)OC(CC(O)(C(F)(F)F)C(F)(F)F)C(C)(C)C)C(F)(F)F. The second-order valence-electron chi connectivity index (χ2n) is 6.30. The van der Waals surface area contributed by atoms with Crippen LogP contribution in [0.5, 0.6) is 0 Å². The van der Waals surface area contributed by atoms with Gasteiger partial charge in [0.25, 0.3) is 5.60 Å². The molecule has 0 spiro atoms. The first-order valence-corrected chi connectivity index (χ1v) is 6.47. The zero-order chi connectivity index (χ0) is 20.6. The van der Waals surface area contributed by atoms with Gasteiger partial charge in [-0.2, -0.15) is 39.5 Å². The van der Waals surface area contributed by atoms with Gasteiger partial charge in [0.1, 0.15) is 11.7 Å². The summed E-state index contributed by atoms with van der Waals surface area (Å²) in [6, 6.07) is 0. The molecule has 0 aliphatic carbocycles. The molecular formula is C13H15F9O3. The third-order valence-corrected chi connectivity index (χ3v) is 3.22. The van der Waals surface area contributed by atoms with E-state index >= 15 is 0 Å². The maximum absolute atomic E-state index is 12.7. The van der Waals surface area contributed by atoms with Crippen LogP contribution in [-0.2, 0) is 9.53 Å². The number of halogens is 9. The first-order chi connectivity index (χ1) is 10.6. The lowest BCUT2D eigenvalue weighted by Gasteiger charge is -2.39. The third kappa shape index (κ3) is 5.51. The number of aliphatic hydroxyl groups is 1. The Morgan fingerprint density at radius 2 is 1.32 bits per heavy atom. The van der Waals surface area contributed by atoms with Crippen molar-refractivity contribution in [3.05, 3.63) is 12.2 Å². The second kappa shape index (κ2) is 6.69. The average Bonchev–Trinajstić information content (AvgIpc) is 2.31. The van der Waals surface area contributed by atoms with Gasteiger partial charge < -0.3 is 9.84 Å². The van der Waals surface area contributed by atoms with Crippen LogP contribution in [0.15, 0.2) is 12.2 Å². The Morgan fingerprint density at radius 3 is 1.56 bits per heavy atom. The van der Waals surface area contributed by atoms with Crippen LogP contribution in [0, 0.1) is 5.41 Å². The molecule has 12 heteroatoms. The first kappa shape index (κ1) is 23.5. The summed E-state index contributed by atoms with van der Waals surface area (Å²) in [5.41, 5.74) is -9.05. The fraction of sp³-hybridized carbons (Fsp3) is 0.769. The molecule has 1 atom stereocenters. The number of hydrogen-bond acceptors (Lipinski definition) is 3. The molecular weight excluding hydrogens is 375 g/mol. The Balaban J connectivity index is 5.80. The summed E-state index contributed by atoms with van der Waals surface area (Å²) >= 11 is 0. The number of carbonyl (C=O) groups excluding carboxylic acids is 1. The smallest absolute Gasteiger partial charge is 0.426 e. The van der Waals surface area contributed by atoms with Crippen LogP contribution in [0.2, 0.25) is 0 Å². The number of ether oxygens (including phenoxy) is 1. The molecule has 1 N–H and O–H groups in total. The van der Waals surface area contributed by atoms with Gasteiger partial charge in [-0.3, -0.25) is 0 Å². The highest BCUT2D eigenvalue weighted by molar-refractivity contribution is 5.89. The van der Waals surface area contributed by atoms with Crippen LogP contribution in [0.1, 0.15) is 27.2 Å². The molecule has 0 radical (unpaired) electrons. The van der Waals surface area contributed by atoms with Gasteiger partial charge in [0, 0.05) is 6.42 Å². The number of rotatable bonds is 4. The minimum Gasteiger partial charge on any atom is -0.458 e. The lowest BCUT2D eigenvalue weighted by molar-refractivity contribution is -0.375. The van der Waals surface area contributed by atoms with E-state index in [4.69, 9.17) is 5.11 Å². The number of esters is 1. The van der Waals surface area contributed by atoms with Crippen molar-refractivity contribution in [3.8, 4) is 0 Å². The Morgan fingerprint density at radius 1 is 0.960 bits per heavy atom. The van der Waals surface area contributed by atoms with E-state index in [2.05, 4.69) is 11.3 Å². The maximum atomic E-state index is 12.7. The second-order valence-corrected chi connectivity index (χ2v) is 6.30. The monoisotopic (exact) mass is 390 g/mol. The van der Waals surface area contributed by atoms with Crippen LogP contribution in [0.3, 0.4) is 0 Å². The maximum Gasteiger partial charge on any atom is 0.426 e. The Bertz CT molecular complexity index is 495. The van der Waals surface area contributed by atoms with E-state index in [9.17, 15) is 44.3 Å². The fourth-order valence-electron chi connectivity index (χ4n) is 1.50. The van der Waals surface area contributed by atoms with Gasteiger partial charge in [-0.1, -0.05) is 27.4 Å². The highest BCUT2D eigenvalue weighted by Gasteiger charge is 2.71. The molecule has 0 saturated carbocycles. The van der Waals surface area contributed by atoms with Crippen molar-refractivity contribution in [1.29, 1.82) is 0 Å². The molecule has 3 nitrogen and oxygen atoms in total. The van der Waals surface area contributed by atoms with Gasteiger partial charge in [-0.25, -0.2) is 4.79 Å². The van der Waals surface area contributed by atoms with Crippen molar-refractivity contribution in [3.63, 3.8) is 0 Å². The molecule has 25 heavy (non-hydrogen) atoms. The fourth-order valence-corrected chi connectivity index (χ4v) is 1.50. The zero-order valence-electron chi connectivity index (χ0n) is 13.2. The van der Waals surface area contributed by atoms with E-state index < -0.39 is 53.6 Å². The van der Waals surface area contributed by atoms with Gasteiger partial charge in [0.05, 0.1) is 0 Å². The standard InChI is InChI=1S/C13H15F9O3/c1-6(11(14,15)16)8(23)25-7(9(2,3)4)5-10(24,12(17,18)19)13(20,21)22/h7,24H,1,5H2,2-4H3. The topological polar surface area (TPSA) is 46.5 Å². The highest BCUT2D eigenvalue weighted by atomic mass is 19.4. The predicted molar refractivity (Wildman–Crippen MR) is 66.2 cm³/mol. The van der Waals surface area contributed by atoms with Crippen LogP contribution < -0.4 is 0 Å². The van der Waals surface area contributed by atoms with Crippen LogP contribution in [0.25, 0.3) is 0 Å². The molecule has 1 unspecified atom stereocenters. The summed E-state index contributed by atoms with van der Waals surface area (Å²) < 4.78 is 118. The van der Waals surface area contributed by atoms with Crippen molar-refractivity contribution in [2.45, 2.75) is 57.4 Å². The van der Waals surface area contributed by atoms with Gasteiger partial charge in [-0.15, -0.1) is 0 Å².